The first kappa shape index (κ1) is 29.3. The molecule has 0 fully saturated rings. The largest absolute Gasteiger partial charge is 4.00 e. The summed E-state index contributed by atoms with van der Waals surface area (Å²) >= 11 is 0. The summed E-state index contributed by atoms with van der Waals surface area (Å²) in [7, 11) is 0. The summed E-state index contributed by atoms with van der Waals surface area (Å²) in [6.07, 6.45) is 1.25. The molecule has 14 heavy (non-hydrogen) atoms. The predicted molar refractivity (Wildman–Crippen MR) is 56.0 cm³/mol. The van der Waals surface area contributed by atoms with E-state index in [1.54, 1.807) is 41.5 Å². The van der Waals surface area contributed by atoms with Crippen LogP contribution in [0.2, 0.25) is 0 Å². The van der Waals surface area contributed by atoms with E-state index in [0.29, 0.717) is 18.3 Å². The molecule has 0 saturated carbocycles. The molecule has 0 aromatic carbocycles. The normalized spacial score (nSPS) is 7.71. The molecule has 0 aliphatic rings. The Morgan fingerprint density at radius 2 is 0.571 bits per heavy atom. The molecule has 0 radical (unpaired) electrons. The van der Waals surface area contributed by atoms with E-state index in [1.807, 2.05) is 0 Å². The molecule has 3 nitrogen and oxygen atoms in total. The first-order valence-electron chi connectivity index (χ1n) is 3.67. The second-order valence-corrected chi connectivity index (χ2v) is 2.84. The van der Waals surface area contributed by atoms with E-state index in [1.165, 1.54) is 0 Å². The molecule has 0 amide bonds. The molecule has 0 aromatic rings. The molecule has 0 unspecified atom stereocenters. The van der Waals surface area contributed by atoms with Crippen molar-refractivity contribution in [1.82, 2.24) is 0 Å². The summed E-state index contributed by atoms with van der Waals surface area (Å²) in [5, 5.41) is 23.9. The van der Waals surface area contributed by atoms with E-state index < -0.39 is 0 Å². The van der Waals surface area contributed by atoms with E-state index in [0.717, 1.165) is 0 Å². The smallest absolute Gasteiger partial charge is 0.563 e. The number of hydrogen-bond acceptors (Lipinski definition) is 3. The van der Waals surface area contributed by atoms with E-state index in [2.05, 4.69) is 0 Å². The van der Waals surface area contributed by atoms with Crippen molar-refractivity contribution in [3.05, 3.63) is 25.7 Å². The average Bonchev–Trinajstić information content (AvgIpc) is 1.54. The van der Waals surface area contributed by atoms with Crippen LogP contribution in [0.15, 0.2) is 0 Å². The zero-order valence-electron chi connectivity index (χ0n) is 10.3. The molecular formula is C10H24O3Ti. The molecule has 0 aromatic heterocycles. The molecule has 4 heteroatoms. The van der Waals surface area contributed by atoms with Crippen molar-refractivity contribution in [1.29, 1.82) is 0 Å². The number of aliphatic hydroxyl groups excluding tert-OH is 3. The minimum absolute atomic E-state index is 0. The maximum Gasteiger partial charge on any atom is 4.00 e. The summed E-state index contributed by atoms with van der Waals surface area (Å²) in [6, 6.07) is 0. The van der Waals surface area contributed by atoms with Crippen LogP contribution in [0.5, 0.6) is 0 Å². The van der Waals surface area contributed by atoms with Gasteiger partial charge in [0.05, 0.1) is 0 Å². The Bertz CT molecular complexity index is 43.9. The van der Waals surface area contributed by atoms with E-state index in [4.69, 9.17) is 15.3 Å². The average molecular weight is 240 g/mol. The molecule has 0 atom stereocenters. The van der Waals surface area contributed by atoms with Crippen LogP contribution in [0.4, 0.5) is 0 Å². The van der Waals surface area contributed by atoms with E-state index >= 15 is 0 Å². The van der Waals surface area contributed by atoms with Crippen molar-refractivity contribution < 1.29 is 37.0 Å². The second kappa shape index (κ2) is 23.4. The molecule has 0 rings (SSSR count). The van der Waals surface area contributed by atoms with Crippen LogP contribution >= 0.6 is 0 Å². The van der Waals surface area contributed by atoms with E-state index in [-0.39, 0.29) is 29.1 Å². The maximum atomic E-state index is 7.97. The molecule has 3 N–H and O–H groups in total. The van der Waals surface area contributed by atoms with Gasteiger partial charge in [0.2, 0.25) is 0 Å². The van der Waals surface area contributed by atoms with Crippen LogP contribution in [0.25, 0.3) is 0 Å². The fraction of sp³-hybridized carbons (Fsp3) is 0.600. The van der Waals surface area contributed by atoms with Crippen LogP contribution in [0, 0.1) is 25.7 Å². The van der Waals surface area contributed by atoms with Crippen molar-refractivity contribution in [2.45, 2.75) is 41.5 Å². The van der Waals surface area contributed by atoms with Gasteiger partial charge in [0, 0.05) is 0 Å². The van der Waals surface area contributed by atoms with Crippen molar-refractivity contribution in [3.8, 4) is 0 Å². The monoisotopic (exact) mass is 240 g/mol. The summed E-state index contributed by atoms with van der Waals surface area (Å²) in [5.41, 5.74) is 0. The van der Waals surface area contributed by atoms with Crippen molar-refractivity contribution in [3.63, 3.8) is 0 Å². The third-order valence-electron chi connectivity index (χ3n) is 0. The third-order valence-corrected chi connectivity index (χ3v) is 0. The Labute approximate surface area is 104 Å². The third kappa shape index (κ3) is 4790. The van der Waals surface area contributed by atoms with Gasteiger partial charge in [0.25, 0.3) is 0 Å². The zero-order chi connectivity index (χ0) is 10.7. The topological polar surface area (TPSA) is 60.7 Å². The standard InChI is InChI=1S/3C3H7O.CH3.Ti/c3*1-3(2)4;;/h3*4H,1-2H3;1H3;/q4*-1;+4. The second-order valence-electron chi connectivity index (χ2n) is 2.84. The molecule has 0 heterocycles. The zero-order valence-corrected chi connectivity index (χ0v) is 11.9. The van der Waals surface area contributed by atoms with Gasteiger partial charge in [-0.1, -0.05) is 0 Å². The number of rotatable bonds is 0. The molecular weight excluding hydrogens is 216 g/mol. The summed E-state index contributed by atoms with van der Waals surface area (Å²) < 4.78 is 0. The van der Waals surface area contributed by atoms with Crippen LogP contribution < -0.4 is 0 Å². The molecule has 0 aliphatic heterocycles. The summed E-state index contributed by atoms with van der Waals surface area (Å²) in [6.45, 7) is 9.83. The molecule has 0 bridgehead atoms. The van der Waals surface area contributed by atoms with Gasteiger partial charge in [-0.3, -0.25) is 0 Å². The van der Waals surface area contributed by atoms with Crippen molar-refractivity contribution >= 4 is 0 Å². The van der Waals surface area contributed by atoms with Crippen molar-refractivity contribution in [2.24, 2.45) is 0 Å². The minimum atomic E-state index is 0. The van der Waals surface area contributed by atoms with Gasteiger partial charge in [-0.15, -0.1) is 0 Å². The first-order chi connectivity index (χ1) is 5.20. The Morgan fingerprint density at radius 1 is 0.571 bits per heavy atom. The fourth-order valence-corrected chi connectivity index (χ4v) is 0. The van der Waals surface area contributed by atoms with Gasteiger partial charge >= 0.3 is 21.7 Å². The van der Waals surface area contributed by atoms with Gasteiger partial charge in [0.15, 0.2) is 0 Å². The van der Waals surface area contributed by atoms with Gasteiger partial charge in [0.1, 0.15) is 0 Å². The molecule has 0 spiro atoms. The van der Waals surface area contributed by atoms with Crippen LogP contribution in [0.1, 0.15) is 41.5 Å². The summed E-state index contributed by atoms with van der Waals surface area (Å²) in [5.74, 6) is 0. The maximum absolute atomic E-state index is 7.97. The fourth-order valence-electron chi connectivity index (χ4n) is 0. The van der Waals surface area contributed by atoms with Gasteiger partial charge in [-0.05, 0) is 0 Å². The predicted octanol–water partition coefficient (Wildman–Crippen LogP) is 3.24. The van der Waals surface area contributed by atoms with Gasteiger partial charge in [-0.2, -0.15) is 41.5 Å². The van der Waals surface area contributed by atoms with Crippen LogP contribution in [0.3, 0.4) is 0 Å². The number of hydrogen-bond donors (Lipinski definition) is 3. The van der Waals surface area contributed by atoms with Crippen molar-refractivity contribution in [2.75, 3.05) is 0 Å². The molecule has 86 valence electrons. The quantitative estimate of drug-likeness (QED) is 0.450. The SMILES string of the molecule is C[C-](C)O.C[C-](C)O.C[C-](C)O.[CH3-].[Ti+4]. The Morgan fingerprint density at radius 3 is 0.571 bits per heavy atom. The van der Waals surface area contributed by atoms with E-state index in [9.17, 15) is 0 Å². The Hall–Kier alpha value is 0.594. The molecule has 0 aliphatic carbocycles. The number of aliphatic hydroxyl groups is 3. The first-order valence-corrected chi connectivity index (χ1v) is 3.67. The van der Waals surface area contributed by atoms with Gasteiger partial charge < -0.3 is 22.7 Å². The summed E-state index contributed by atoms with van der Waals surface area (Å²) in [4.78, 5) is 0. The Kier molecular flexibility index (Phi) is 49.0. The minimum Gasteiger partial charge on any atom is -0.563 e. The van der Waals surface area contributed by atoms with Crippen LogP contribution in [-0.4, -0.2) is 15.3 Å². The Balaban J connectivity index is -0.0000000270. The van der Waals surface area contributed by atoms with Gasteiger partial charge in [-0.25, -0.2) is 18.3 Å². The molecule has 0 saturated heterocycles. The van der Waals surface area contributed by atoms with Crippen LogP contribution in [-0.2, 0) is 21.7 Å².